The van der Waals surface area contributed by atoms with E-state index in [0.717, 1.165) is 22.7 Å². The van der Waals surface area contributed by atoms with Crippen LogP contribution < -0.4 is 4.31 Å². The minimum absolute atomic E-state index is 0.144. The van der Waals surface area contributed by atoms with E-state index in [1.165, 1.54) is 12.1 Å². The lowest BCUT2D eigenvalue weighted by Gasteiger charge is -2.26. The second-order valence-corrected chi connectivity index (χ2v) is 8.62. The maximum Gasteiger partial charge on any atom is 0.264 e. The van der Waals surface area contributed by atoms with Crippen molar-refractivity contribution in [2.75, 3.05) is 23.9 Å². The van der Waals surface area contributed by atoms with Crippen LogP contribution in [0.4, 0.5) is 5.69 Å². The molecule has 0 radical (unpaired) electrons. The van der Waals surface area contributed by atoms with Crippen LogP contribution in [-0.2, 0) is 14.8 Å². The molecule has 138 valence electrons. The highest BCUT2D eigenvalue weighted by Gasteiger charge is 2.29. The van der Waals surface area contributed by atoms with Crippen molar-refractivity contribution in [2.24, 2.45) is 0 Å². The van der Waals surface area contributed by atoms with Gasteiger partial charge < -0.3 is 4.90 Å². The number of carbonyl (C=O) groups excluding carboxylic acids is 1. The molecule has 1 fully saturated rings. The lowest BCUT2D eigenvalue weighted by molar-refractivity contribution is -0.128. The van der Waals surface area contributed by atoms with Crippen LogP contribution in [0.25, 0.3) is 0 Å². The largest absolute Gasteiger partial charge is 0.341 e. The summed E-state index contributed by atoms with van der Waals surface area (Å²) in [7, 11) is -3.88. The smallest absolute Gasteiger partial charge is 0.264 e. The first-order valence-electron chi connectivity index (χ1n) is 8.51. The summed E-state index contributed by atoms with van der Waals surface area (Å²) in [5, 5.41) is 0.462. The normalized spacial score (nSPS) is 14.5. The zero-order valence-corrected chi connectivity index (χ0v) is 16.1. The molecular weight excluding hydrogens is 372 g/mol. The zero-order chi connectivity index (χ0) is 18.7. The van der Waals surface area contributed by atoms with E-state index in [1.807, 2.05) is 6.92 Å². The van der Waals surface area contributed by atoms with Gasteiger partial charge in [-0.25, -0.2) is 8.42 Å². The van der Waals surface area contributed by atoms with Gasteiger partial charge in [0.15, 0.2) is 0 Å². The number of nitrogens with zero attached hydrogens (tertiary/aromatic N) is 2. The van der Waals surface area contributed by atoms with Gasteiger partial charge in [0.1, 0.15) is 6.54 Å². The number of sulfonamides is 1. The van der Waals surface area contributed by atoms with Crippen LogP contribution >= 0.6 is 11.6 Å². The van der Waals surface area contributed by atoms with Crippen LogP contribution in [-0.4, -0.2) is 38.9 Å². The molecule has 2 aromatic rings. The van der Waals surface area contributed by atoms with Gasteiger partial charge >= 0.3 is 0 Å². The highest BCUT2D eigenvalue weighted by atomic mass is 35.5. The quantitative estimate of drug-likeness (QED) is 0.782. The zero-order valence-electron chi connectivity index (χ0n) is 14.6. The average Bonchev–Trinajstić information content (AvgIpc) is 3.17. The first-order valence-corrected chi connectivity index (χ1v) is 10.3. The highest BCUT2D eigenvalue weighted by Crippen LogP contribution is 2.28. The molecule has 0 saturated carbocycles. The number of hydrogen-bond acceptors (Lipinski definition) is 3. The van der Waals surface area contributed by atoms with E-state index in [2.05, 4.69) is 0 Å². The summed E-state index contributed by atoms with van der Waals surface area (Å²) in [5.74, 6) is -0.196. The summed E-state index contributed by atoms with van der Waals surface area (Å²) in [6, 6.07) is 13.2. The van der Waals surface area contributed by atoms with Crippen LogP contribution in [0.5, 0.6) is 0 Å². The number of likely N-dealkylation sites (tertiary alicyclic amines) is 1. The molecule has 2 aromatic carbocycles. The van der Waals surface area contributed by atoms with Crippen molar-refractivity contribution < 1.29 is 13.2 Å². The van der Waals surface area contributed by atoms with Gasteiger partial charge in [-0.05, 0) is 49.6 Å². The predicted octanol–water partition coefficient (Wildman–Crippen LogP) is 3.47. The van der Waals surface area contributed by atoms with Crippen molar-refractivity contribution in [1.82, 2.24) is 4.90 Å². The van der Waals surface area contributed by atoms with Crippen molar-refractivity contribution in [2.45, 2.75) is 24.7 Å². The maximum absolute atomic E-state index is 13.2. The van der Waals surface area contributed by atoms with Crippen LogP contribution in [0.3, 0.4) is 0 Å². The summed E-state index contributed by atoms with van der Waals surface area (Å²) < 4.78 is 27.5. The fourth-order valence-electron chi connectivity index (χ4n) is 2.96. The van der Waals surface area contributed by atoms with Crippen LogP contribution in [0.15, 0.2) is 53.4 Å². The molecule has 1 saturated heterocycles. The lowest BCUT2D eigenvalue weighted by atomic mass is 10.2. The second kappa shape index (κ2) is 7.68. The molecule has 0 N–H and O–H groups in total. The molecule has 7 heteroatoms. The number of hydrogen-bond donors (Lipinski definition) is 0. The molecule has 1 amide bonds. The Balaban J connectivity index is 2.00. The van der Waals surface area contributed by atoms with Gasteiger partial charge in [-0.15, -0.1) is 0 Å². The molecule has 1 aliphatic heterocycles. The fourth-order valence-corrected chi connectivity index (χ4v) is 4.56. The Kier molecular flexibility index (Phi) is 5.53. The highest BCUT2D eigenvalue weighted by molar-refractivity contribution is 7.92. The van der Waals surface area contributed by atoms with Gasteiger partial charge in [-0.3, -0.25) is 9.10 Å². The van der Waals surface area contributed by atoms with E-state index < -0.39 is 10.0 Å². The van der Waals surface area contributed by atoms with E-state index in [4.69, 9.17) is 11.6 Å². The van der Waals surface area contributed by atoms with E-state index in [0.29, 0.717) is 23.8 Å². The summed E-state index contributed by atoms with van der Waals surface area (Å²) in [6.07, 6.45) is 1.90. The molecule has 0 unspecified atom stereocenters. The van der Waals surface area contributed by atoms with Gasteiger partial charge in [-0.2, -0.15) is 0 Å². The van der Waals surface area contributed by atoms with Gasteiger partial charge in [0.2, 0.25) is 5.91 Å². The number of amides is 1. The van der Waals surface area contributed by atoms with Gasteiger partial charge in [0, 0.05) is 18.1 Å². The number of halogens is 1. The van der Waals surface area contributed by atoms with Gasteiger partial charge in [0.05, 0.1) is 10.6 Å². The number of rotatable bonds is 5. The molecule has 0 bridgehead atoms. The second-order valence-electron chi connectivity index (χ2n) is 6.35. The Hall–Kier alpha value is -2.05. The molecule has 3 rings (SSSR count). The molecule has 1 heterocycles. The van der Waals surface area contributed by atoms with E-state index >= 15 is 0 Å². The summed E-state index contributed by atoms with van der Waals surface area (Å²) in [4.78, 5) is 14.5. The third kappa shape index (κ3) is 3.86. The standard InChI is InChI=1S/C19H21ClN2O3S/c1-15-9-10-16(13-18(15)20)22(14-19(23)21-11-5-6-12-21)26(24,25)17-7-3-2-4-8-17/h2-4,7-10,13H,5-6,11-12,14H2,1H3. The van der Waals surface area contributed by atoms with Crippen molar-refractivity contribution in [3.63, 3.8) is 0 Å². The third-order valence-corrected chi connectivity index (χ3v) is 6.71. The van der Waals surface area contributed by atoms with Crippen molar-refractivity contribution in [3.05, 3.63) is 59.1 Å². The Morgan fingerprint density at radius 1 is 1.12 bits per heavy atom. The monoisotopic (exact) mass is 392 g/mol. The fraction of sp³-hybridized carbons (Fsp3) is 0.316. The predicted molar refractivity (Wildman–Crippen MR) is 103 cm³/mol. The number of benzene rings is 2. The molecule has 0 atom stereocenters. The molecule has 5 nitrogen and oxygen atoms in total. The molecular formula is C19H21ClN2O3S. The Morgan fingerprint density at radius 2 is 1.77 bits per heavy atom. The summed E-state index contributed by atoms with van der Waals surface area (Å²) in [6.45, 7) is 2.95. The number of anilines is 1. The van der Waals surface area contributed by atoms with Gasteiger partial charge in [0.25, 0.3) is 10.0 Å². The van der Waals surface area contributed by atoms with Crippen LogP contribution in [0, 0.1) is 6.92 Å². The molecule has 0 aliphatic carbocycles. The molecule has 26 heavy (non-hydrogen) atoms. The van der Waals surface area contributed by atoms with E-state index in [9.17, 15) is 13.2 Å². The topological polar surface area (TPSA) is 57.7 Å². The molecule has 0 aromatic heterocycles. The first kappa shape index (κ1) is 18.7. The van der Waals surface area contributed by atoms with Gasteiger partial charge in [-0.1, -0.05) is 35.9 Å². The van der Waals surface area contributed by atoms with Crippen LogP contribution in [0.1, 0.15) is 18.4 Å². The average molecular weight is 393 g/mol. The summed E-state index contributed by atoms with van der Waals surface area (Å²) >= 11 is 6.20. The minimum atomic E-state index is -3.88. The lowest BCUT2D eigenvalue weighted by Crippen LogP contribution is -2.42. The van der Waals surface area contributed by atoms with Crippen molar-refractivity contribution in [1.29, 1.82) is 0 Å². The Labute approximate surface area is 159 Å². The number of aryl methyl sites for hydroxylation is 1. The minimum Gasteiger partial charge on any atom is -0.341 e. The third-order valence-electron chi connectivity index (χ3n) is 4.51. The van der Waals surface area contributed by atoms with E-state index in [-0.39, 0.29) is 17.3 Å². The van der Waals surface area contributed by atoms with Crippen LogP contribution in [0.2, 0.25) is 5.02 Å². The number of carbonyl (C=O) groups is 1. The SMILES string of the molecule is Cc1ccc(N(CC(=O)N2CCCC2)S(=O)(=O)c2ccccc2)cc1Cl. The maximum atomic E-state index is 13.2. The molecule has 1 aliphatic rings. The van der Waals surface area contributed by atoms with Crippen molar-refractivity contribution in [3.8, 4) is 0 Å². The molecule has 0 spiro atoms. The Bertz CT molecular complexity index is 894. The Morgan fingerprint density at radius 3 is 2.38 bits per heavy atom. The van der Waals surface area contributed by atoms with E-state index in [1.54, 1.807) is 41.3 Å². The van der Waals surface area contributed by atoms with Crippen molar-refractivity contribution >= 4 is 33.2 Å². The first-order chi connectivity index (χ1) is 12.4. The summed E-state index contributed by atoms with van der Waals surface area (Å²) in [5.41, 5.74) is 1.23.